The first-order valence-corrected chi connectivity index (χ1v) is 7.45. The highest BCUT2D eigenvalue weighted by molar-refractivity contribution is 5.75. The molecule has 0 saturated heterocycles. The first-order chi connectivity index (χ1) is 9.49. The average molecular weight is 305 g/mol. The van der Waals surface area contributed by atoms with Crippen molar-refractivity contribution in [3.8, 4) is 0 Å². The molecular weight excluding hydrogens is 274 g/mol. The summed E-state index contributed by atoms with van der Waals surface area (Å²) in [6.07, 6.45) is -3.96. The van der Waals surface area contributed by atoms with Crippen molar-refractivity contribution in [2.24, 2.45) is 5.41 Å². The van der Waals surface area contributed by atoms with E-state index in [1.54, 1.807) is 14.0 Å². The van der Waals surface area contributed by atoms with Gasteiger partial charge in [-0.3, -0.25) is 4.79 Å². The number of carbonyl (C=O) groups is 1. The van der Waals surface area contributed by atoms with Crippen LogP contribution in [0.1, 0.15) is 47.0 Å². The van der Waals surface area contributed by atoms with Crippen molar-refractivity contribution < 1.29 is 25.2 Å². The summed E-state index contributed by atoms with van der Waals surface area (Å²) in [5.74, 6) is -0.123. The van der Waals surface area contributed by atoms with Gasteiger partial charge in [0.1, 0.15) is 18.3 Å². The van der Waals surface area contributed by atoms with Crippen LogP contribution in [-0.4, -0.2) is 69.2 Å². The van der Waals surface area contributed by atoms with E-state index in [1.807, 2.05) is 20.8 Å². The molecule has 0 rings (SSSR count). The van der Waals surface area contributed by atoms with Gasteiger partial charge in [-0.1, -0.05) is 27.7 Å². The van der Waals surface area contributed by atoms with E-state index in [9.17, 15) is 25.2 Å². The normalized spacial score (nSPS) is 18.0. The third-order valence-electron chi connectivity index (χ3n) is 3.53. The summed E-state index contributed by atoms with van der Waals surface area (Å²) in [7, 11) is 1.55. The lowest BCUT2D eigenvalue weighted by Gasteiger charge is -2.29. The van der Waals surface area contributed by atoms with Crippen LogP contribution in [0.15, 0.2) is 0 Å². The maximum absolute atomic E-state index is 11.9. The van der Waals surface area contributed by atoms with Gasteiger partial charge in [0.05, 0.1) is 6.10 Å². The van der Waals surface area contributed by atoms with Gasteiger partial charge in [-0.2, -0.15) is 0 Å². The van der Waals surface area contributed by atoms with Crippen molar-refractivity contribution in [3.63, 3.8) is 0 Å². The van der Waals surface area contributed by atoms with Gasteiger partial charge in [0.25, 0.3) is 0 Å². The van der Waals surface area contributed by atoms with E-state index in [-0.39, 0.29) is 24.3 Å². The Balaban J connectivity index is 4.36. The van der Waals surface area contributed by atoms with Gasteiger partial charge in [-0.25, -0.2) is 0 Å². The molecule has 0 bridgehead atoms. The minimum absolute atomic E-state index is 0.0516. The molecule has 0 aliphatic carbocycles. The van der Waals surface area contributed by atoms with E-state index >= 15 is 0 Å². The number of likely N-dealkylation sites (N-methyl/N-ethyl adjacent to an activating group) is 1. The summed E-state index contributed by atoms with van der Waals surface area (Å²) in [4.78, 5) is 13.3. The van der Waals surface area contributed by atoms with Gasteiger partial charge < -0.3 is 25.3 Å². The molecule has 0 saturated carbocycles. The number of aliphatic hydroxyl groups is 4. The number of nitrogens with zero attached hydrogens (tertiary/aromatic N) is 1. The van der Waals surface area contributed by atoms with E-state index in [0.29, 0.717) is 6.42 Å². The highest BCUT2D eigenvalue weighted by atomic mass is 16.4. The van der Waals surface area contributed by atoms with E-state index < -0.39 is 24.4 Å². The molecule has 0 aliphatic heterocycles. The Bertz CT molecular complexity index is 316. The second-order valence-corrected chi connectivity index (χ2v) is 6.86. The fraction of sp³-hybridized carbons (Fsp3) is 0.933. The Morgan fingerprint density at radius 2 is 1.52 bits per heavy atom. The first-order valence-electron chi connectivity index (χ1n) is 7.45. The predicted molar refractivity (Wildman–Crippen MR) is 80.6 cm³/mol. The quantitative estimate of drug-likeness (QED) is 0.510. The predicted octanol–water partition coefficient (Wildman–Crippen LogP) is 0.125. The Kier molecular flexibility index (Phi) is 8.39. The topological polar surface area (TPSA) is 101 Å². The summed E-state index contributed by atoms with van der Waals surface area (Å²) >= 11 is 0. The molecule has 0 radical (unpaired) electrons. The maximum Gasteiger partial charge on any atom is 0.222 e. The van der Waals surface area contributed by atoms with Crippen molar-refractivity contribution in [2.45, 2.75) is 71.4 Å². The molecule has 0 fully saturated rings. The summed E-state index contributed by atoms with van der Waals surface area (Å²) in [5, 5.41) is 38.8. The molecule has 4 atom stereocenters. The molecule has 4 N–H and O–H groups in total. The van der Waals surface area contributed by atoms with E-state index in [1.165, 1.54) is 4.90 Å². The Hall–Kier alpha value is -0.690. The van der Waals surface area contributed by atoms with Crippen LogP contribution in [0.4, 0.5) is 0 Å². The molecule has 0 aliphatic rings. The van der Waals surface area contributed by atoms with Crippen LogP contribution in [0.25, 0.3) is 0 Å². The van der Waals surface area contributed by atoms with Crippen LogP contribution < -0.4 is 0 Å². The van der Waals surface area contributed by atoms with Crippen LogP contribution >= 0.6 is 0 Å². The lowest BCUT2D eigenvalue weighted by Crippen LogP contribution is -2.49. The fourth-order valence-electron chi connectivity index (χ4n) is 1.86. The van der Waals surface area contributed by atoms with Crippen LogP contribution in [0, 0.1) is 5.41 Å². The average Bonchev–Trinajstić information content (AvgIpc) is 2.40. The number of hydrogen-bond donors (Lipinski definition) is 4. The Morgan fingerprint density at radius 3 is 1.95 bits per heavy atom. The van der Waals surface area contributed by atoms with E-state index in [4.69, 9.17) is 0 Å². The minimum atomic E-state index is -1.49. The number of aliphatic hydroxyl groups excluding tert-OH is 4. The molecule has 126 valence electrons. The van der Waals surface area contributed by atoms with Crippen molar-refractivity contribution >= 4 is 5.91 Å². The molecule has 0 heterocycles. The second-order valence-electron chi connectivity index (χ2n) is 6.86. The van der Waals surface area contributed by atoms with Crippen molar-refractivity contribution in [1.29, 1.82) is 0 Å². The second kappa shape index (κ2) is 8.68. The van der Waals surface area contributed by atoms with Gasteiger partial charge >= 0.3 is 0 Å². The number of carbonyl (C=O) groups excluding carboxylic acids is 1. The molecule has 0 spiro atoms. The van der Waals surface area contributed by atoms with E-state index in [2.05, 4.69) is 0 Å². The molecule has 6 nitrogen and oxygen atoms in total. The monoisotopic (exact) mass is 305 g/mol. The lowest BCUT2D eigenvalue weighted by molar-refractivity contribution is -0.136. The molecule has 0 aromatic rings. The molecule has 21 heavy (non-hydrogen) atoms. The van der Waals surface area contributed by atoms with Crippen molar-refractivity contribution in [3.05, 3.63) is 0 Å². The Morgan fingerprint density at radius 1 is 1.05 bits per heavy atom. The van der Waals surface area contributed by atoms with Gasteiger partial charge in [0, 0.05) is 20.0 Å². The SMILES string of the molecule is CC[C@@H](O)[C@@H](O)[C@H](O)[C@@H](O)CN(C)C(=O)CCC(C)(C)C. The number of amides is 1. The highest BCUT2D eigenvalue weighted by Crippen LogP contribution is 2.21. The molecular formula is C15H31NO5. The summed E-state index contributed by atoms with van der Waals surface area (Å²) < 4.78 is 0. The minimum Gasteiger partial charge on any atom is -0.390 e. The third kappa shape index (κ3) is 7.76. The van der Waals surface area contributed by atoms with Crippen LogP contribution in [0.3, 0.4) is 0 Å². The van der Waals surface area contributed by atoms with Crippen molar-refractivity contribution in [2.75, 3.05) is 13.6 Å². The number of rotatable bonds is 8. The van der Waals surface area contributed by atoms with Gasteiger partial charge in [0.2, 0.25) is 5.91 Å². The summed E-state index contributed by atoms with van der Waals surface area (Å²) in [5.41, 5.74) is 0.0516. The third-order valence-corrected chi connectivity index (χ3v) is 3.53. The fourth-order valence-corrected chi connectivity index (χ4v) is 1.86. The van der Waals surface area contributed by atoms with Crippen LogP contribution in [-0.2, 0) is 4.79 Å². The molecule has 1 amide bonds. The zero-order valence-electron chi connectivity index (χ0n) is 13.8. The smallest absolute Gasteiger partial charge is 0.222 e. The maximum atomic E-state index is 11.9. The molecule has 6 heteroatoms. The lowest BCUT2D eigenvalue weighted by atomic mass is 9.90. The first kappa shape index (κ1) is 20.3. The Labute approximate surface area is 127 Å². The number of hydrogen-bond acceptors (Lipinski definition) is 5. The molecule has 0 aromatic carbocycles. The zero-order valence-corrected chi connectivity index (χ0v) is 13.8. The largest absolute Gasteiger partial charge is 0.390 e. The van der Waals surface area contributed by atoms with Crippen molar-refractivity contribution in [1.82, 2.24) is 4.90 Å². The van der Waals surface area contributed by atoms with E-state index in [0.717, 1.165) is 6.42 Å². The van der Waals surface area contributed by atoms with Crippen LogP contribution in [0.5, 0.6) is 0 Å². The summed E-state index contributed by atoms with van der Waals surface area (Å²) in [6, 6.07) is 0. The van der Waals surface area contributed by atoms with Gasteiger partial charge in [-0.05, 0) is 18.3 Å². The summed E-state index contributed by atoms with van der Waals surface area (Å²) in [6.45, 7) is 7.71. The standard InChI is InChI=1S/C15H31NO5/c1-6-10(17)13(20)14(21)11(18)9-16(5)12(19)7-8-15(2,3)4/h10-11,13-14,17-18,20-21H,6-9H2,1-5H3/t10-,11+,13-,14-/m1/s1. The molecule has 0 unspecified atom stereocenters. The molecule has 0 aromatic heterocycles. The van der Waals surface area contributed by atoms with Crippen LogP contribution in [0.2, 0.25) is 0 Å². The zero-order chi connectivity index (χ0) is 16.8. The highest BCUT2D eigenvalue weighted by Gasteiger charge is 2.30. The van der Waals surface area contributed by atoms with Gasteiger partial charge in [0.15, 0.2) is 0 Å². The van der Waals surface area contributed by atoms with Gasteiger partial charge in [-0.15, -0.1) is 0 Å².